The van der Waals surface area contributed by atoms with E-state index in [1.165, 1.54) is 12.1 Å². The zero-order chi connectivity index (χ0) is 16.2. The lowest BCUT2D eigenvalue weighted by molar-refractivity contribution is -0.129. The monoisotopic (exact) mass is 346 g/mol. The second-order valence-corrected chi connectivity index (χ2v) is 6.85. The van der Waals surface area contributed by atoms with E-state index in [1.54, 1.807) is 46.8 Å². The van der Waals surface area contributed by atoms with E-state index >= 15 is 0 Å². The van der Waals surface area contributed by atoms with Gasteiger partial charge in [0.25, 0.3) is 0 Å². The third-order valence-electron chi connectivity index (χ3n) is 3.41. The number of nitrogens with zero attached hydrogens (tertiary/aromatic N) is 2. The minimum absolute atomic E-state index is 0.00325. The van der Waals surface area contributed by atoms with Gasteiger partial charge >= 0.3 is 0 Å². The first kappa shape index (κ1) is 15.8. The zero-order valence-electron chi connectivity index (χ0n) is 12.5. The number of halogens is 1. The molecule has 0 fully saturated rings. The standard InChI is InChI=1S/C17H15FN2OS2/c1-20(9-12-2-4-14(18)5-3-12)16(21)8-15-11-23-17(19-15)13-6-7-22-10-13/h2-7,10-11H,8-9H2,1H3. The molecule has 3 rings (SSSR count). The third kappa shape index (κ3) is 4.03. The largest absolute Gasteiger partial charge is 0.341 e. The van der Waals surface area contributed by atoms with Crippen molar-refractivity contribution < 1.29 is 9.18 Å². The van der Waals surface area contributed by atoms with Crippen molar-refractivity contribution in [2.45, 2.75) is 13.0 Å². The van der Waals surface area contributed by atoms with E-state index in [0.29, 0.717) is 6.54 Å². The summed E-state index contributed by atoms with van der Waals surface area (Å²) in [6.45, 7) is 0.459. The summed E-state index contributed by atoms with van der Waals surface area (Å²) in [5.74, 6) is -0.275. The lowest BCUT2D eigenvalue weighted by Crippen LogP contribution is -2.27. The van der Waals surface area contributed by atoms with Crippen LogP contribution in [-0.2, 0) is 17.8 Å². The number of aromatic nitrogens is 1. The second kappa shape index (κ2) is 7.02. The summed E-state index contributed by atoms with van der Waals surface area (Å²) in [4.78, 5) is 18.5. The number of carbonyl (C=O) groups excluding carboxylic acids is 1. The van der Waals surface area contributed by atoms with Gasteiger partial charge in [-0.05, 0) is 29.1 Å². The zero-order valence-corrected chi connectivity index (χ0v) is 14.2. The lowest BCUT2D eigenvalue weighted by Gasteiger charge is -2.16. The summed E-state index contributed by atoms with van der Waals surface area (Å²) in [5, 5.41) is 6.93. The van der Waals surface area contributed by atoms with Crippen molar-refractivity contribution in [3.05, 3.63) is 63.5 Å². The molecule has 23 heavy (non-hydrogen) atoms. The molecule has 3 aromatic rings. The Morgan fingerprint density at radius 3 is 2.70 bits per heavy atom. The molecule has 0 saturated heterocycles. The molecule has 6 heteroatoms. The maximum absolute atomic E-state index is 12.9. The first-order valence-electron chi connectivity index (χ1n) is 7.07. The fourth-order valence-corrected chi connectivity index (χ4v) is 3.68. The van der Waals surface area contributed by atoms with E-state index in [0.717, 1.165) is 21.8 Å². The molecule has 0 atom stereocenters. The van der Waals surface area contributed by atoms with E-state index in [4.69, 9.17) is 0 Å². The molecule has 3 nitrogen and oxygen atoms in total. The Kier molecular flexibility index (Phi) is 4.83. The molecule has 118 valence electrons. The lowest BCUT2D eigenvalue weighted by atomic mass is 10.2. The van der Waals surface area contributed by atoms with Gasteiger partial charge < -0.3 is 4.90 Å². The number of likely N-dealkylation sites (N-methyl/N-ethyl adjacent to an activating group) is 1. The fraction of sp³-hybridized carbons (Fsp3) is 0.176. The molecular weight excluding hydrogens is 331 g/mol. The highest BCUT2D eigenvalue weighted by molar-refractivity contribution is 7.14. The van der Waals surface area contributed by atoms with Crippen LogP contribution in [0.15, 0.2) is 46.5 Å². The van der Waals surface area contributed by atoms with Crippen molar-refractivity contribution in [2.75, 3.05) is 7.05 Å². The highest BCUT2D eigenvalue weighted by atomic mass is 32.1. The van der Waals surface area contributed by atoms with Crippen LogP contribution < -0.4 is 0 Å². The molecule has 0 aliphatic rings. The highest BCUT2D eigenvalue weighted by Crippen LogP contribution is 2.26. The van der Waals surface area contributed by atoms with Gasteiger partial charge in [0.15, 0.2) is 0 Å². The third-order valence-corrected chi connectivity index (χ3v) is 5.03. The number of hydrogen-bond donors (Lipinski definition) is 0. The van der Waals surface area contributed by atoms with Crippen LogP contribution in [0.2, 0.25) is 0 Å². The molecule has 1 aromatic carbocycles. The van der Waals surface area contributed by atoms with Gasteiger partial charge in [-0.25, -0.2) is 9.37 Å². The van der Waals surface area contributed by atoms with Crippen molar-refractivity contribution in [3.8, 4) is 10.6 Å². The van der Waals surface area contributed by atoms with Gasteiger partial charge in [-0.3, -0.25) is 4.79 Å². The van der Waals surface area contributed by atoms with Crippen LogP contribution in [0.1, 0.15) is 11.3 Å². The van der Waals surface area contributed by atoms with E-state index in [1.807, 2.05) is 22.2 Å². The first-order valence-corrected chi connectivity index (χ1v) is 8.89. The van der Waals surface area contributed by atoms with Gasteiger partial charge in [0.05, 0.1) is 12.1 Å². The molecule has 2 heterocycles. The van der Waals surface area contributed by atoms with Crippen LogP contribution in [0.5, 0.6) is 0 Å². The average molecular weight is 346 g/mol. The second-order valence-electron chi connectivity index (χ2n) is 5.21. The van der Waals surface area contributed by atoms with Crippen LogP contribution in [0, 0.1) is 5.82 Å². The van der Waals surface area contributed by atoms with Crippen molar-refractivity contribution in [2.24, 2.45) is 0 Å². The summed E-state index contributed by atoms with van der Waals surface area (Å²) < 4.78 is 12.9. The van der Waals surface area contributed by atoms with E-state index in [-0.39, 0.29) is 18.1 Å². The fourth-order valence-electron chi connectivity index (χ4n) is 2.15. The van der Waals surface area contributed by atoms with Gasteiger partial charge in [-0.2, -0.15) is 11.3 Å². The first-order chi connectivity index (χ1) is 11.1. The summed E-state index contributed by atoms with van der Waals surface area (Å²) in [7, 11) is 1.75. The number of benzene rings is 1. The van der Waals surface area contributed by atoms with Gasteiger partial charge in [0.1, 0.15) is 10.8 Å². The Hall–Kier alpha value is -2.05. The number of carbonyl (C=O) groups is 1. The van der Waals surface area contributed by atoms with Gasteiger partial charge in [-0.1, -0.05) is 12.1 Å². The number of hydrogen-bond acceptors (Lipinski definition) is 4. The summed E-state index contributed by atoms with van der Waals surface area (Å²) in [5.41, 5.74) is 2.78. The SMILES string of the molecule is CN(Cc1ccc(F)cc1)C(=O)Cc1csc(-c2ccsc2)n1. The van der Waals surface area contributed by atoms with Gasteiger partial charge in [-0.15, -0.1) is 11.3 Å². The predicted octanol–water partition coefficient (Wildman–Crippen LogP) is 4.21. The van der Waals surface area contributed by atoms with Crippen molar-refractivity contribution in [3.63, 3.8) is 0 Å². The number of thiazole rings is 1. The Bertz CT molecular complexity index is 781. The van der Waals surface area contributed by atoms with Crippen molar-refractivity contribution >= 4 is 28.6 Å². The quantitative estimate of drug-likeness (QED) is 0.693. The molecule has 0 spiro atoms. The predicted molar refractivity (Wildman–Crippen MR) is 92.0 cm³/mol. The van der Waals surface area contributed by atoms with Crippen LogP contribution in [0.3, 0.4) is 0 Å². The van der Waals surface area contributed by atoms with Crippen molar-refractivity contribution in [1.82, 2.24) is 9.88 Å². The smallest absolute Gasteiger partial charge is 0.228 e. The van der Waals surface area contributed by atoms with Crippen LogP contribution in [0.4, 0.5) is 4.39 Å². The molecule has 0 aliphatic heterocycles. The molecule has 0 unspecified atom stereocenters. The number of rotatable bonds is 5. The summed E-state index contributed by atoms with van der Waals surface area (Å²) >= 11 is 3.18. The Morgan fingerprint density at radius 2 is 2.00 bits per heavy atom. The summed E-state index contributed by atoms with van der Waals surface area (Å²) in [6, 6.07) is 8.21. The maximum Gasteiger partial charge on any atom is 0.228 e. The van der Waals surface area contributed by atoms with Crippen LogP contribution >= 0.6 is 22.7 Å². The number of thiophene rings is 1. The molecule has 1 amide bonds. The summed E-state index contributed by atoms with van der Waals surface area (Å²) in [6.07, 6.45) is 0.276. The van der Waals surface area contributed by atoms with E-state index in [9.17, 15) is 9.18 Å². The normalized spacial score (nSPS) is 10.7. The molecule has 0 bridgehead atoms. The molecular formula is C17H15FN2OS2. The van der Waals surface area contributed by atoms with Crippen molar-refractivity contribution in [1.29, 1.82) is 0 Å². The van der Waals surface area contributed by atoms with Gasteiger partial charge in [0.2, 0.25) is 5.91 Å². The Balaban J connectivity index is 1.61. The molecule has 0 radical (unpaired) electrons. The van der Waals surface area contributed by atoms with E-state index < -0.39 is 0 Å². The minimum Gasteiger partial charge on any atom is -0.341 e. The topological polar surface area (TPSA) is 33.2 Å². The highest BCUT2D eigenvalue weighted by Gasteiger charge is 2.13. The molecule has 2 aromatic heterocycles. The van der Waals surface area contributed by atoms with Gasteiger partial charge in [0, 0.05) is 29.9 Å². The minimum atomic E-state index is -0.272. The molecule has 0 N–H and O–H groups in total. The molecule has 0 aliphatic carbocycles. The average Bonchev–Trinajstić information content (AvgIpc) is 3.20. The Labute approximate surface area is 142 Å². The van der Waals surface area contributed by atoms with E-state index in [2.05, 4.69) is 4.98 Å². The maximum atomic E-state index is 12.9. The van der Waals surface area contributed by atoms with Crippen LogP contribution in [0.25, 0.3) is 10.6 Å². The Morgan fingerprint density at radius 1 is 1.22 bits per heavy atom. The van der Waals surface area contributed by atoms with Crippen LogP contribution in [-0.4, -0.2) is 22.8 Å². The molecule has 0 saturated carbocycles. The number of amides is 1.